The summed E-state index contributed by atoms with van der Waals surface area (Å²) in [5.74, 6) is -3.44. The largest absolute Gasteiger partial charge is 0.464 e. The molecule has 0 bridgehead atoms. The van der Waals surface area contributed by atoms with Crippen LogP contribution in [0.25, 0.3) is 0 Å². The van der Waals surface area contributed by atoms with Crippen molar-refractivity contribution in [2.45, 2.75) is 211 Å². The second-order valence-electron chi connectivity index (χ2n) is 23.3. The molecule has 6 aliphatic rings. The Morgan fingerprint density at radius 1 is 0.713 bits per heavy atom. The van der Waals surface area contributed by atoms with Gasteiger partial charge in [-0.05, 0) is 107 Å². The first kappa shape index (κ1) is 65.8. The van der Waals surface area contributed by atoms with Crippen LogP contribution in [0.5, 0.6) is 0 Å². The molecule has 26 heteroatoms. The number of rotatable bonds is 9. The van der Waals surface area contributed by atoms with Gasteiger partial charge in [0.2, 0.25) is 23.6 Å². The average Bonchev–Trinajstić information content (AvgIpc) is 3.93. The second-order valence-corrected chi connectivity index (χ2v) is 24.9. The van der Waals surface area contributed by atoms with Crippen LogP contribution in [0, 0.1) is 25.0 Å². The Kier molecular flexibility index (Phi) is 22.9. The molecular formula is C54H82N9O15SY-. The standard InChI is InChI=1S/C28H41N6O6.C26H41N3O9S.Y/c1-6-39-25(37)28-15-19(28)12-10-8-7-9-11-13-21(30-26(38)40-27(3,4)5)24(36)33-17-20(14-22(33)23(35)31-28)34-29-16-18(2)32-34;1-6-36-23(32)26-15-17(26)12-10-8-7-9-11-13-19(27-24(33)37-25(2,3)4)22(31)29-16-18(38-39(5,34)35)14-20(29)21(30)28-26;/h10,12,19-22H,6-9,11,13-15,17H2,1-5H3,(H,30,38)(H,31,35);10,12,17-20H,6-9,11,13-16H2,1-5H3,(H,27,33)(H,28,30);/q-1;;/b2*12-10-;/t19-,20?,21+,22+,28-;17-,18+,19+,20+,26-;/m11./s1. The fraction of sp³-hybridized carbons (Fsp3) is 0.741. The molecule has 5 heterocycles. The van der Waals surface area contributed by atoms with Gasteiger partial charge in [0.25, 0.3) is 10.1 Å². The van der Waals surface area contributed by atoms with Crippen LogP contribution >= 0.6 is 0 Å². The first-order chi connectivity index (χ1) is 37.1. The third-order valence-corrected chi connectivity index (χ3v) is 15.0. The van der Waals surface area contributed by atoms with Gasteiger partial charge in [-0.15, -0.1) is 5.69 Å². The maximum absolute atomic E-state index is 14.0. The number of ether oxygens (including phenoxy) is 4. The van der Waals surface area contributed by atoms with Gasteiger partial charge >= 0.3 is 24.1 Å². The van der Waals surface area contributed by atoms with E-state index in [1.807, 2.05) is 24.3 Å². The number of aromatic nitrogens is 3. The third kappa shape index (κ3) is 18.0. The van der Waals surface area contributed by atoms with Crippen molar-refractivity contribution >= 4 is 57.9 Å². The molecule has 2 aliphatic carbocycles. The van der Waals surface area contributed by atoms with Crippen molar-refractivity contribution in [3.05, 3.63) is 36.2 Å². The number of aryl methyl sites for hydroxylation is 1. The van der Waals surface area contributed by atoms with Crippen molar-refractivity contribution in [1.29, 1.82) is 0 Å². The van der Waals surface area contributed by atoms with E-state index in [2.05, 4.69) is 37.7 Å². The predicted molar refractivity (Wildman–Crippen MR) is 285 cm³/mol. The molecule has 1 radical (unpaired) electrons. The van der Waals surface area contributed by atoms with Gasteiger partial charge in [-0.25, -0.2) is 24.0 Å². The number of nitrogens with zero attached hydrogens (tertiary/aromatic N) is 5. The molecule has 443 valence electrons. The number of amides is 6. The number of hydrogen-bond acceptors (Lipinski definition) is 17. The van der Waals surface area contributed by atoms with E-state index in [1.165, 1.54) is 14.6 Å². The van der Waals surface area contributed by atoms with Crippen molar-refractivity contribution in [3.8, 4) is 0 Å². The predicted octanol–water partition coefficient (Wildman–Crippen LogP) is 4.16. The summed E-state index contributed by atoms with van der Waals surface area (Å²) in [7, 11) is -3.87. The van der Waals surface area contributed by atoms with Crippen molar-refractivity contribution < 1.29 is 103 Å². The molecule has 2 saturated carbocycles. The first-order valence-electron chi connectivity index (χ1n) is 27.7. The summed E-state index contributed by atoms with van der Waals surface area (Å²) in [5, 5.41) is 19.7. The van der Waals surface area contributed by atoms with Crippen molar-refractivity contribution in [2.75, 3.05) is 32.6 Å². The quantitative estimate of drug-likeness (QED) is 0.0887. The number of fused-ring (bicyclic) bond motifs is 4. The molecule has 6 amide bonds. The number of esters is 2. The monoisotopic (exact) mass is 1220 g/mol. The molecule has 4 N–H and O–H groups in total. The van der Waals surface area contributed by atoms with Gasteiger partial charge in [0.1, 0.15) is 46.4 Å². The van der Waals surface area contributed by atoms with E-state index in [9.17, 15) is 46.8 Å². The van der Waals surface area contributed by atoms with Gasteiger partial charge in [-0.2, -0.15) is 13.5 Å². The summed E-state index contributed by atoms with van der Waals surface area (Å²) in [5.41, 5.74) is -3.32. The molecule has 0 aromatic carbocycles. The van der Waals surface area contributed by atoms with E-state index in [1.54, 1.807) is 62.3 Å². The van der Waals surface area contributed by atoms with Crippen LogP contribution in [0.1, 0.15) is 157 Å². The summed E-state index contributed by atoms with van der Waals surface area (Å²) in [6, 6.07) is -4.27. The van der Waals surface area contributed by atoms with Gasteiger partial charge < -0.3 is 61.3 Å². The van der Waals surface area contributed by atoms with Crippen molar-refractivity contribution in [3.63, 3.8) is 0 Å². The Morgan fingerprint density at radius 3 is 1.57 bits per heavy atom. The Balaban J connectivity index is 0.000000290. The minimum Gasteiger partial charge on any atom is -0.464 e. The molecule has 24 nitrogen and oxygen atoms in total. The fourth-order valence-corrected chi connectivity index (χ4v) is 11.1. The number of nitrogens with one attached hydrogen (secondary N) is 4. The van der Waals surface area contributed by atoms with E-state index < -0.39 is 105 Å². The Morgan fingerprint density at radius 2 is 1.16 bits per heavy atom. The number of carbonyl (C=O) groups is 8. The van der Waals surface area contributed by atoms with E-state index in [4.69, 9.17) is 23.1 Å². The van der Waals surface area contributed by atoms with Crippen LogP contribution in [0.15, 0.2) is 24.3 Å². The van der Waals surface area contributed by atoms with Crippen LogP contribution in [-0.2, 0) is 94.7 Å². The summed E-state index contributed by atoms with van der Waals surface area (Å²) in [4.78, 5) is 111. The van der Waals surface area contributed by atoms with Crippen LogP contribution in [0.4, 0.5) is 9.59 Å². The molecule has 4 aliphatic heterocycles. The SMILES string of the molecule is CCOC(=O)[C@@]12C[C@H]1/C=C\CCCCC[C@H](NC(=O)OC(C)(C)C)C(=O)N1CC(n3n[c-]c(C)n3)C[C@H]1C(=O)N2.CCOC(=O)[C@@]12C[C@H]1/C=C\CCCCC[C@H](NC(=O)OC(C)(C)C)C(=O)N1C[C@@H](OS(C)(=O)=O)C[C@H]1C(=O)N2.[Y]. The number of alkyl carbamates (subject to hydrolysis) is 2. The summed E-state index contributed by atoms with van der Waals surface area (Å²) in [6.45, 7) is 15.9. The molecule has 1 aromatic heterocycles. The number of hydrogen-bond donors (Lipinski definition) is 4. The molecule has 4 fully saturated rings. The normalized spacial score (nSPS) is 30.2. The Labute approximate surface area is 495 Å². The van der Waals surface area contributed by atoms with Crippen molar-refractivity contribution in [1.82, 2.24) is 46.1 Å². The van der Waals surface area contributed by atoms with E-state index in [0.29, 0.717) is 44.2 Å². The summed E-state index contributed by atoms with van der Waals surface area (Å²) < 4.78 is 50.2. The van der Waals surface area contributed by atoms with Crippen LogP contribution in [-0.4, -0.2) is 166 Å². The minimum absolute atomic E-state index is 0. The van der Waals surface area contributed by atoms with Crippen LogP contribution < -0.4 is 21.3 Å². The topological polar surface area (TPSA) is 302 Å². The zero-order valence-corrected chi connectivity index (χ0v) is 51.7. The van der Waals surface area contributed by atoms with E-state index in [0.717, 1.165) is 44.8 Å². The Hall–Kier alpha value is -5.01. The molecular weight excluding hydrogens is 1140 g/mol. The van der Waals surface area contributed by atoms with Crippen molar-refractivity contribution in [2.24, 2.45) is 11.8 Å². The van der Waals surface area contributed by atoms with Gasteiger partial charge in [-0.1, -0.05) is 56.9 Å². The van der Waals surface area contributed by atoms with Gasteiger partial charge in [0, 0.05) is 70.5 Å². The molecule has 1 aromatic rings. The molecule has 1 unspecified atom stereocenters. The molecule has 7 rings (SSSR count). The summed E-state index contributed by atoms with van der Waals surface area (Å²) in [6.07, 6.45) is 17.1. The maximum Gasteiger partial charge on any atom is 0.408 e. The molecule has 0 spiro atoms. The minimum atomic E-state index is -3.87. The first-order valence-corrected chi connectivity index (χ1v) is 29.5. The van der Waals surface area contributed by atoms with Crippen LogP contribution in [0.2, 0.25) is 0 Å². The summed E-state index contributed by atoms with van der Waals surface area (Å²) >= 11 is 0. The second kappa shape index (κ2) is 27.8. The van der Waals surface area contributed by atoms with Gasteiger partial charge in [0.05, 0.1) is 31.6 Å². The fourth-order valence-electron chi connectivity index (χ4n) is 10.5. The number of allylic oxidation sites excluding steroid dienone is 2. The third-order valence-electron chi connectivity index (χ3n) is 14.4. The molecule has 10 atom stereocenters. The maximum atomic E-state index is 14.0. The van der Waals surface area contributed by atoms with Gasteiger partial charge in [0.15, 0.2) is 0 Å². The molecule has 80 heavy (non-hydrogen) atoms. The smallest absolute Gasteiger partial charge is 0.408 e. The number of carbonyl (C=O) groups excluding carboxylic acids is 8. The Bertz CT molecular complexity index is 2580. The van der Waals surface area contributed by atoms with E-state index >= 15 is 0 Å². The zero-order valence-electron chi connectivity index (χ0n) is 48.0. The van der Waals surface area contributed by atoms with E-state index in [-0.39, 0.29) is 95.6 Å². The molecule has 2 saturated heterocycles. The van der Waals surface area contributed by atoms with Crippen LogP contribution in [0.3, 0.4) is 0 Å². The average molecular weight is 1220 g/mol. The zero-order chi connectivity index (χ0) is 58.1. The van der Waals surface area contributed by atoms with Gasteiger partial charge in [-0.3, -0.25) is 23.4 Å².